The Hall–Kier alpha value is -1.72. The van der Waals surface area contributed by atoms with Crippen molar-refractivity contribution in [1.29, 1.82) is 0 Å². The number of carbonyl (C=O) groups excluding carboxylic acids is 1. The molecule has 21 heavy (non-hydrogen) atoms. The Balaban J connectivity index is 1.51. The fourth-order valence-corrected chi connectivity index (χ4v) is 3.55. The Morgan fingerprint density at radius 2 is 2.38 bits per heavy atom. The lowest BCUT2D eigenvalue weighted by atomic mass is 10.2. The van der Waals surface area contributed by atoms with Crippen molar-refractivity contribution in [2.24, 2.45) is 0 Å². The highest BCUT2D eigenvalue weighted by atomic mass is 32.1. The molecule has 5 heteroatoms. The molecule has 1 aliphatic rings. The lowest BCUT2D eigenvalue weighted by Crippen LogP contribution is -2.36. The molecule has 0 aliphatic carbocycles. The number of pyridine rings is 1. The molecule has 1 amide bonds. The molecule has 2 aromatic rings. The molecule has 110 valence electrons. The molecule has 1 aliphatic heterocycles. The molecule has 0 atom stereocenters. The molecule has 3 rings (SSSR count). The van der Waals surface area contributed by atoms with Crippen LogP contribution in [0.2, 0.25) is 0 Å². The van der Waals surface area contributed by atoms with Crippen molar-refractivity contribution in [1.82, 2.24) is 15.2 Å². The third-order valence-corrected chi connectivity index (χ3v) is 4.71. The van der Waals surface area contributed by atoms with Gasteiger partial charge in [0, 0.05) is 30.4 Å². The zero-order chi connectivity index (χ0) is 14.5. The van der Waals surface area contributed by atoms with E-state index >= 15 is 0 Å². The molecule has 0 saturated carbocycles. The summed E-state index contributed by atoms with van der Waals surface area (Å²) in [4.78, 5) is 19.8. The van der Waals surface area contributed by atoms with E-state index in [1.54, 1.807) is 12.4 Å². The van der Waals surface area contributed by atoms with Crippen LogP contribution in [0.25, 0.3) is 0 Å². The van der Waals surface area contributed by atoms with Crippen LogP contribution in [0.4, 0.5) is 0 Å². The molecule has 1 N–H and O–H groups in total. The van der Waals surface area contributed by atoms with E-state index in [2.05, 4.69) is 26.6 Å². The summed E-state index contributed by atoms with van der Waals surface area (Å²) in [5, 5.41) is 5.12. The lowest BCUT2D eigenvalue weighted by molar-refractivity contribution is -0.122. The third-order valence-electron chi connectivity index (χ3n) is 3.69. The number of rotatable bonds is 4. The molecule has 0 aromatic carbocycles. The van der Waals surface area contributed by atoms with Crippen LogP contribution in [0.1, 0.15) is 22.4 Å². The molecule has 4 nitrogen and oxygen atoms in total. The van der Waals surface area contributed by atoms with E-state index in [4.69, 9.17) is 0 Å². The SMILES string of the molecule is O=C(CN1CCCc2sccc2C1)NCc1cccnc1. The summed E-state index contributed by atoms with van der Waals surface area (Å²) in [6.07, 6.45) is 5.79. The molecular formula is C16H19N3OS. The van der Waals surface area contributed by atoms with Crippen molar-refractivity contribution in [3.63, 3.8) is 0 Å². The van der Waals surface area contributed by atoms with Crippen LogP contribution >= 0.6 is 11.3 Å². The highest BCUT2D eigenvalue weighted by Gasteiger charge is 2.17. The zero-order valence-corrected chi connectivity index (χ0v) is 12.7. The van der Waals surface area contributed by atoms with Crippen LogP contribution in [-0.4, -0.2) is 28.9 Å². The van der Waals surface area contributed by atoms with Gasteiger partial charge in [0.2, 0.25) is 5.91 Å². The van der Waals surface area contributed by atoms with Crippen molar-refractivity contribution in [2.75, 3.05) is 13.1 Å². The van der Waals surface area contributed by atoms with Crippen molar-refractivity contribution in [3.05, 3.63) is 52.0 Å². The van der Waals surface area contributed by atoms with Gasteiger partial charge in [-0.1, -0.05) is 6.07 Å². The average molecular weight is 301 g/mol. The first-order chi connectivity index (χ1) is 10.3. The number of nitrogens with one attached hydrogen (secondary N) is 1. The summed E-state index contributed by atoms with van der Waals surface area (Å²) < 4.78 is 0. The Kier molecular flexibility index (Phi) is 4.62. The van der Waals surface area contributed by atoms with Crippen molar-refractivity contribution in [2.45, 2.75) is 25.9 Å². The third kappa shape index (κ3) is 3.89. The monoisotopic (exact) mass is 301 g/mol. The number of hydrogen-bond acceptors (Lipinski definition) is 4. The predicted molar refractivity (Wildman–Crippen MR) is 84.0 cm³/mol. The normalized spacial score (nSPS) is 15.2. The van der Waals surface area contributed by atoms with Gasteiger partial charge in [-0.2, -0.15) is 0 Å². The molecule has 0 radical (unpaired) electrons. The minimum atomic E-state index is 0.0810. The maximum absolute atomic E-state index is 12.1. The van der Waals surface area contributed by atoms with Crippen molar-refractivity contribution >= 4 is 17.2 Å². The molecule has 2 aromatic heterocycles. The topological polar surface area (TPSA) is 45.2 Å². The molecule has 0 saturated heterocycles. The highest BCUT2D eigenvalue weighted by molar-refractivity contribution is 7.10. The van der Waals surface area contributed by atoms with E-state index in [1.807, 2.05) is 23.5 Å². The molecule has 0 unspecified atom stereocenters. The summed E-state index contributed by atoms with van der Waals surface area (Å²) in [7, 11) is 0. The molecule has 0 spiro atoms. The summed E-state index contributed by atoms with van der Waals surface area (Å²) in [5.41, 5.74) is 2.42. The first kappa shape index (κ1) is 14.2. The maximum atomic E-state index is 12.1. The van der Waals surface area contributed by atoms with Gasteiger partial charge in [0.1, 0.15) is 0 Å². The van der Waals surface area contributed by atoms with E-state index in [1.165, 1.54) is 10.4 Å². The summed E-state index contributed by atoms with van der Waals surface area (Å²) in [5.74, 6) is 0.0810. The summed E-state index contributed by atoms with van der Waals surface area (Å²) in [6, 6.07) is 6.04. The van der Waals surface area contributed by atoms with E-state index < -0.39 is 0 Å². The average Bonchev–Trinajstić information content (AvgIpc) is 2.85. The zero-order valence-electron chi connectivity index (χ0n) is 11.9. The fourth-order valence-electron chi connectivity index (χ4n) is 2.61. The van der Waals surface area contributed by atoms with Gasteiger partial charge < -0.3 is 5.32 Å². The quantitative estimate of drug-likeness (QED) is 0.942. The van der Waals surface area contributed by atoms with Gasteiger partial charge >= 0.3 is 0 Å². The largest absolute Gasteiger partial charge is 0.351 e. The van der Waals surface area contributed by atoms with Gasteiger partial charge in [0.05, 0.1) is 6.54 Å². The highest BCUT2D eigenvalue weighted by Crippen LogP contribution is 2.23. The second-order valence-electron chi connectivity index (χ2n) is 5.32. The number of hydrogen-bond donors (Lipinski definition) is 1. The van der Waals surface area contributed by atoms with Gasteiger partial charge in [0.25, 0.3) is 0 Å². The number of thiophene rings is 1. The van der Waals surface area contributed by atoms with Crippen LogP contribution in [-0.2, 0) is 24.3 Å². The first-order valence-electron chi connectivity index (χ1n) is 7.24. The van der Waals surface area contributed by atoms with Crippen LogP contribution in [0, 0.1) is 0 Å². The minimum Gasteiger partial charge on any atom is -0.351 e. The first-order valence-corrected chi connectivity index (χ1v) is 8.12. The molecular weight excluding hydrogens is 282 g/mol. The van der Waals surface area contributed by atoms with Gasteiger partial charge in [-0.05, 0) is 48.0 Å². The predicted octanol–water partition coefficient (Wildman–Crippen LogP) is 2.21. The fraction of sp³-hybridized carbons (Fsp3) is 0.375. The van der Waals surface area contributed by atoms with E-state index in [0.29, 0.717) is 13.1 Å². The number of aryl methyl sites for hydroxylation is 1. The number of carbonyl (C=O) groups is 1. The number of fused-ring (bicyclic) bond motifs is 1. The number of aromatic nitrogens is 1. The summed E-state index contributed by atoms with van der Waals surface area (Å²) in [6.45, 7) is 2.89. The van der Waals surface area contributed by atoms with E-state index in [9.17, 15) is 4.79 Å². The Bertz CT molecular complexity index is 597. The van der Waals surface area contributed by atoms with Gasteiger partial charge in [0.15, 0.2) is 0 Å². The smallest absolute Gasteiger partial charge is 0.234 e. The Morgan fingerprint density at radius 1 is 1.43 bits per heavy atom. The number of nitrogens with zero attached hydrogens (tertiary/aromatic N) is 2. The molecule has 3 heterocycles. The lowest BCUT2D eigenvalue weighted by Gasteiger charge is -2.19. The standard InChI is InChI=1S/C16H19N3OS/c20-16(18-10-13-3-1-6-17-9-13)12-19-7-2-4-15-14(11-19)5-8-21-15/h1,3,5-6,8-9H,2,4,7,10-12H2,(H,18,20). The van der Waals surface area contributed by atoms with Crippen LogP contribution in [0.5, 0.6) is 0 Å². The second-order valence-corrected chi connectivity index (χ2v) is 6.32. The maximum Gasteiger partial charge on any atom is 0.234 e. The van der Waals surface area contributed by atoms with Crippen molar-refractivity contribution < 1.29 is 4.79 Å². The van der Waals surface area contributed by atoms with Crippen LogP contribution < -0.4 is 5.32 Å². The Labute approximate surface area is 128 Å². The molecule has 0 bridgehead atoms. The van der Waals surface area contributed by atoms with Crippen LogP contribution in [0.3, 0.4) is 0 Å². The number of amides is 1. The van der Waals surface area contributed by atoms with E-state index in [-0.39, 0.29) is 5.91 Å². The second kappa shape index (κ2) is 6.83. The molecule has 0 fully saturated rings. The van der Waals surface area contributed by atoms with E-state index in [0.717, 1.165) is 31.5 Å². The van der Waals surface area contributed by atoms with Crippen LogP contribution in [0.15, 0.2) is 36.0 Å². The van der Waals surface area contributed by atoms with Gasteiger partial charge in [-0.15, -0.1) is 11.3 Å². The van der Waals surface area contributed by atoms with Crippen molar-refractivity contribution in [3.8, 4) is 0 Å². The Morgan fingerprint density at radius 3 is 3.24 bits per heavy atom. The van der Waals surface area contributed by atoms with Gasteiger partial charge in [-0.25, -0.2) is 0 Å². The minimum absolute atomic E-state index is 0.0810. The summed E-state index contributed by atoms with van der Waals surface area (Å²) >= 11 is 1.83. The van der Waals surface area contributed by atoms with Gasteiger partial charge in [-0.3, -0.25) is 14.7 Å².